The highest BCUT2D eigenvalue weighted by Crippen LogP contribution is 2.31. The number of carboxylic acid groups (broad SMARTS) is 1. The first-order chi connectivity index (χ1) is 11.1. The number of pyridine rings is 1. The fourth-order valence-corrected chi connectivity index (χ4v) is 3.56. The van der Waals surface area contributed by atoms with Crippen molar-refractivity contribution in [2.45, 2.75) is 58.5 Å². The van der Waals surface area contributed by atoms with E-state index in [2.05, 4.69) is 22.3 Å². The molecule has 1 fully saturated rings. The van der Waals surface area contributed by atoms with Crippen LogP contribution >= 0.6 is 0 Å². The van der Waals surface area contributed by atoms with E-state index in [1.54, 1.807) is 10.9 Å². The molecule has 0 aromatic carbocycles. The van der Waals surface area contributed by atoms with Gasteiger partial charge in [-0.1, -0.05) is 19.3 Å². The van der Waals surface area contributed by atoms with Crippen LogP contribution in [0, 0.1) is 5.92 Å². The lowest BCUT2D eigenvalue weighted by Crippen LogP contribution is -2.28. The van der Waals surface area contributed by atoms with E-state index in [0.717, 1.165) is 11.0 Å². The van der Waals surface area contributed by atoms with Crippen molar-refractivity contribution in [3.63, 3.8) is 0 Å². The molecule has 6 nitrogen and oxygen atoms in total. The van der Waals surface area contributed by atoms with Crippen LogP contribution < -0.4 is 5.32 Å². The third-order valence-corrected chi connectivity index (χ3v) is 4.93. The fourth-order valence-electron chi connectivity index (χ4n) is 3.56. The van der Waals surface area contributed by atoms with E-state index in [4.69, 9.17) is 0 Å². The lowest BCUT2D eigenvalue weighted by Gasteiger charge is -2.29. The highest BCUT2D eigenvalue weighted by Gasteiger charge is 2.24. The molecule has 0 unspecified atom stereocenters. The van der Waals surface area contributed by atoms with Gasteiger partial charge >= 0.3 is 5.97 Å². The summed E-state index contributed by atoms with van der Waals surface area (Å²) in [6.07, 6.45) is 9.41. The van der Waals surface area contributed by atoms with Crippen molar-refractivity contribution in [2.24, 2.45) is 5.92 Å². The second-order valence-electron chi connectivity index (χ2n) is 6.38. The maximum absolute atomic E-state index is 11.6. The predicted molar refractivity (Wildman–Crippen MR) is 89.8 cm³/mol. The minimum Gasteiger partial charge on any atom is -0.478 e. The summed E-state index contributed by atoms with van der Waals surface area (Å²) in [5.74, 6) is -0.364. The monoisotopic (exact) mass is 316 g/mol. The van der Waals surface area contributed by atoms with Gasteiger partial charge in [-0.3, -0.25) is 0 Å². The molecule has 23 heavy (non-hydrogen) atoms. The van der Waals surface area contributed by atoms with Crippen LogP contribution in [-0.2, 0) is 6.54 Å². The number of hydrogen-bond donors (Lipinski definition) is 2. The van der Waals surface area contributed by atoms with Crippen LogP contribution in [0.3, 0.4) is 0 Å². The van der Waals surface area contributed by atoms with E-state index in [1.165, 1.54) is 38.3 Å². The van der Waals surface area contributed by atoms with E-state index in [9.17, 15) is 9.90 Å². The number of aryl methyl sites for hydroxylation is 1. The highest BCUT2D eigenvalue weighted by molar-refractivity contribution is 6.03. The van der Waals surface area contributed by atoms with Crippen molar-refractivity contribution in [3.8, 4) is 0 Å². The molecule has 1 aliphatic carbocycles. The smallest absolute Gasteiger partial charge is 0.339 e. The number of fused-ring (bicyclic) bond motifs is 1. The van der Waals surface area contributed by atoms with Crippen molar-refractivity contribution in [2.75, 3.05) is 5.32 Å². The normalized spacial score (nSPS) is 17.3. The number of hydrogen-bond acceptors (Lipinski definition) is 4. The Morgan fingerprint density at radius 1 is 1.39 bits per heavy atom. The van der Waals surface area contributed by atoms with Gasteiger partial charge in [0, 0.05) is 18.8 Å². The third kappa shape index (κ3) is 3.02. The Balaban J connectivity index is 1.97. The number of nitrogens with zero attached hydrogens (tertiary/aromatic N) is 3. The standard InChI is InChI=1S/C17H24N4O2/c1-3-21-16-13(10-19-21)15(14(9-18-16)17(22)23)20-11(2)12-7-5-4-6-8-12/h9-12H,3-8H2,1-2H3,(H,18,20)(H,22,23)/t11-/m1/s1. The van der Waals surface area contributed by atoms with Gasteiger partial charge in [0.25, 0.3) is 0 Å². The van der Waals surface area contributed by atoms with E-state index < -0.39 is 5.97 Å². The Morgan fingerprint density at radius 2 is 2.13 bits per heavy atom. The van der Waals surface area contributed by atoms with Crippen molar-refractivity contribution in [3.05, 3.63) is 18.0 Å². The molecule has 0 radical (unpaired) electrons. The van der Waals surface area contributed by atoms with Gasteiger partial charge in [-0.15, -0.1) is 0 Å². The number of anilines is 1. The Labute approximate surface area is 135 Å². The lowest BCUT2D eigenvalue weighted by atomic mass is 9.84. The zero-order chi connectivity index (χ0) is 16.4. The molecule has 1 saturated carbocycles. The molecule has 3 rings (SSSR count). The molecule has 0 bridgehead atoms. The summed E-state index contributed by atoms with van der Waals surface area (Å²) in [4.78, 5) is 15.9. The molecule has 0 amide bonds. The van der Waals surface area contributed by atoms with Crippen LogP contribution in [-0.4, -0.2) is 31.9 Å². The van der Waals surface area contributed by atoms with Gasteiger partial charge in [0.15, 0.2) is 5.65 Å². The molecular formula is C17H24N4O2. The Hall–Kier alpha value is -2.11. The average molecular weight is 316 g/mol. The molecule has 2 heterocycles. The van der Waals surface area contributed by atoms with Crippen molar-refractivity contribution in [1.82, 2.24) is 14.8 Å². The van der Waals surface area contributed by atoms with Crippen LogP contribution in [0.2, 0.25) is 0 Å². The molecule has 124 valence electrons. The quantitative estimate of drug-likeness (QED) is 0.882. The largest absolute Gasteiger partial charge is 0.478 e. The summed E-state index contributed by atoms with van der Waals surface area (Å²) in [5.41, 5.74) is 1.60. The van der Waals surface area contributed by atoms with Gasteiger partial charge in [0.2, 0.25) is 0 Å². The van der Waals surface area contributed by atoms with E-state index in [1.807, 2.05) is 6.92 Å². The molecule has 1 aliphatic rings. The molecule has 6 heteroatoms. The first-order valence-corrected chi connectivity index (χ1v) is 8.46. The van der Waals surface area contributed by atoms with E-state index in [0.29, 0.717) is 18.2 Å². The van der Waals surface area contributed by atoms with Gasteiger partial charge in [-0.25, -0.2) is 14.5 Å². The van der Waals surface area contributed by atoms with Gasteiger partial charge < -0.3 is 10.4 Å². The molecule has 2 aromatic rings. The molecular weight excluding hydrogens is 292 g/mol. The maximum atomic E-state index is 11.6. The van der Waals surface area contributed by atoms with Gasteiger partial charge in [0.1, 0.15) is 5.56 Å². The summed E-state index contributed by atoms with van der Waals surface area (Å²) in [5, 5.41) is 18.1. The minimum atomic E-state index is -0.956. The SMILES string of the molecule is CCn1ncc2c(N[C@H](C)C3CCCCC3)c(C(=O)O)cnc21. The summed E-state index contributed by atoms with van der Waals surface area (Å²) < 4.78 is 1.79. The molecule has 0 aliphatic heterocycles. The lowest BCUT2D eigenvalue weighted by molar-refractivity contribution is 0.0697. The van der Waals surface area contributed by atoms with Crippen LogP contribution in [0.25, 0.3) is 11.0 Å². The number of rotatable bonds is 5. The van der Waals surface area contributed by atoms with Crippen molar-refractivity contribution in [1.29, 1.82) is 0 Å². The second-order valence-corrected chi connectivity index (χ2v) is 6.38. The van der Waals surface area contributed by atoms with Crippen LogP contribution in [0.15, 0.2) is 12.4 Å². The highest BCUT2D eigenvalue weighted by atomic mass is 16.4. The third-order valence-electron chi connectivity index (χ3n) is 4.93. The van der Waals surface area contributed by atoms with E-state index >= 15 is 0 Å². The first-order valence-electron chi connectivity index (χ1n) is 8.46. The van der Waals surface area contributed by atoms with Gasteiger partial charge in [-0.05, 0) is 32.6 Å². The number of carbonyl (C=O) groups is 1. The predicted octanol–water partition coefficient (Wildman–Crippen LogP) is 3.53. The number of aromatic carboxylic acids is 1. The average Bonchev–Trinajstić information content (AvgIpc) is 2.99. The van der Waals surface area contributed by atoms with Gasteiger partial charge in [0.05, 0.1) is 17.3 Å². The molecule has 2 N–H and O–H groups in total. The second kappa shape index (κ2) is 6.56. The van der Waals surface area contributed by atoms with E-state index in [-0.39, 0.29) is 11.6 Å². The fraction of sp³-hybridized carbons (Fsp3) is 0.588. The Kier molecular flexibility index (Phi) is 4.50. The zero-order valence-electron chi connectivity index (χ0n) is 13.7. The topological polar surface area (TPSA) is 80.0 Å². The van der Waals surface area contributed by atoms with Crippen LogP contribution in [0.1, 0.15) is 56.3 Å². The molecule has 0 saturated heterocycles. The molecule has 2 aromatic heterocycles. The van der Waals surface area contributed by atoms with Crippen LogP contribution in [0.5, 0.6) is 0 Å². The molecule has 0 spiro atoms. The number of carboxylic acids is 1. The minimum absolute atomic E-state index is 0.218. The Morgan fingerprint density at radius 3 is 2.78 bits per heavy atom. The number of aromatic nitrogens is 3. The maximum Gasteiger partial charge on any atom is 0.339 e. The summed E-state index contributed by atoms with van der Waals surface area (Å²) >= 11 is 0. The number of nitrogens with one attached hydrogen (secondary N) is 1. The Bertz CT molecular complexity index is 704. The van der Waals surface area contributed by atoms with Crippen molar-refractivity contribution >= 4 is 22.7 Å². The van der Waals surface area contributed by atoms with Crippen LogP contribution in [0.4, 0.5) is 5.69 Å². The summed E-state index contributed by atoms with van der Waals surface area (Å²) in [6.45, 7) is 4.86. The van der Waals surface area contributed by atoms with Gasteiger partial charge in [-0.2, -0.15) is 5.10 Å². The first kappa shape index (κ1) is 15.8. The van der Waals surface area contributed by atoms with Crippen molar-refractivity contribution < 1.29 is 9.90 Å². The summed E-state index contributed by atoms with van der Waals surface area (Å²) in [7, 11) is 0. The summed E-state index contributed by atoms with van der Waals surface area (Å²) in [6, 6.07) is 0.240. The zero-order valence-corrected chi connectivity index (χ0v) is 13.7. The molecule has 1 atom stereocenters.